The Labute approximate surface area is 162 Å². The molecular formula is C18H25ClFN5O2. The number of halogens is 2. The summed E-state index contributed by atoms with van der Waals surface area (Å²) >= 11 is 0. The van der Waals surface area contributed by atoms with E-state index in [2.05, 4.69) is 0 Å². The van der Waals surface area contributed by atoms with E-state index in [0.29, 0.717) is 40.5 Å². The van der Waals surface area contributed by atoms with E-state index in [1.54, 1.807) is 11.5 Å². The van der Waals surface area contributed by atoms with E-state index in [4.69, 9.17) is 11.6 Å². The molecule has 1 aromatic heterocycles. The Morgan fingerprint density at radius 2 is 1.93 bits per heavy atom. The third-order valence-electron chi connectivity index (χ3n) is 5.76. The molecule has 0 bridgehead atoms. The highest BCUT2D eigenvalue weighted by atomic mass is 35.5. The van der Waals surface area contributed by atoms with E-state index in [-0.39, 0.29) is 29.9 Å². The van der Waals surface area contributed by atoms with Gasteiger partial charge in [0.1, 0.15) is 5.82 Å². The summed E-state index contributed by atoms with van der Waals surface area (Å²) < 4.78 is 17.1. The second-order valence-corrected chi connectivity index (χ2v) is 7.64. The van der Waals surface area contributed by atoms with Crippen molar-refractivity contribution in [3.05, 3.63) is 38.3 Å². The molecule has 2 aromatic rings. The van der Waals surface area contributed by atoms with Crippen LogP contribution >= 0.6 is 12.4 Å². The first-order valence-corrected chi connectivity index (χ1v) is 9.07. The predicted molar refractivity (Wildman–Crippen MR) is 107 cm³/mol. The molecular weight excluding hydrogens is 373 g/mol. The van der Waals surface area contributed by atoms with Crippen LogP contribution in [0.5, 0.6) is 0 Å². The van der Waals surface area contributed by atoms with Crippen LogP contribution in [0.3, 0.4) is 0 Å². The van der Waals surface area contributed by atoms with E-state index >= 15 is 0 Å². The Balaban J connectivity index is 0.00000210. The first-order valence-electron chi connectivity index (χ1n) is 9.07. The molecule has 1 aromatic carbocycles. The molecule has 2 aliphatic rings. The summed E-state index contributed by atoms with van der Waals surface area (Å²) in [4.78, 5) is 27.0. The Kier molecular flexibility index (Phi) is 4.98. The summed E-state index contributed by atoms with van der Waals surface area (Å²) in [7, 11) is 0. The smallest absolute Gasteiger partial charge is 0.350 e. The molecule has 2 fully saturated rings. The van der Waals surface area contributed by atoms with Crippen molar-refractivity contribution in [3.8, 4) is 0 Å². The average molecular weight is 398 g/mol. The molecule has 27 heavy (non-hydrogen) atoms. The second-order valence-electron chi connectivity index (χ2n) is 7.64. The molecule has 4 rings (SSSR count). The number of fused-ring (bicyclic) bond motifs is 1. The zero-order chi connectivity index (χ0) is 18.7. The number of hydrogen-bond acceptors (Lipinski definition) is 5. The lowest BCUT2D eigenvalue weighted by Crippen LogP contribution is -2.44. The maximum atomic E-state index is 15.0. The van der Waals surface area contributed by atoms with Crippen LogP contribution < -0.4 is 27.7 Å². The van der Waals surface area contributed by atoms with Crippen LogP contribution in [0.1, 0.15) is 37.8 Å². The van der Waals surface area contributed by atoms with Crippen LogP contribution in [0, 0.1) is 18.7 Å². The second kappa shape index (κ2) is 6.83. The number of aromatic nitrogens is 2. The van der Waals surface area contributed by atoms with Crippen molar-refractivity contribution in [2.75, 3.05) is 23.8 Å². The summed E-state index contributed by atoms with van der Waals surface area (Å²) in [5.74, 6) is 5.49. The lowest BCUT2D eigenvalue weighted by atomic mass is 10.0. The van der Waals surface area contributed by atoms with E-state index in [0.717, 1.165) is 19.3 Å². The molecule has 0 radical (unpaired) electrons. The van der Waals surface area contributed by atoms with Crippen LogP contribution in [-0.2, 0) is 0 Å². The SMILES string of the molecule is Cc1c(N2CC[C@@H](C(C)N)C2)c(F)cc2c(=O)n(N)c(=O)n(C3CC3)c12.Cl. The van der Waals surface area contributed by atoms with Crippen molar-refractivity contribution in [2.24, 2.45) is 11.7 Å². The Bertz CT molecular complexity index is 1010. The van der Waals surface area contributed by atoms with Gasteiger partial charge in [0.25, 0.3) is 5.56 Å². The zero-order valence-electron chi connectivity index (χ0n) is 15.4. The molecule has 0 spiro atoms. The van der Waals surface area contributed by atoms with E-state index in [9.17, 15) is 14.0 Å². The Hall–Kier alpha value is -2.06. The summed E-state index contributed by atoms with van der Waals surface area (Å²) in [5.41, 5.74) is 6.39. The van der Waals surface area contributed by atoms with Gasteiger partial charge in [0.15, 0.2) is 0 Å². The van der Waals surface area contributed by atoms with Gasteiger partial charge in [-0.3, -0.25) is 9.36 Å². The Morgan fingerprint density at radius 1 is 1.26 bits per heavy atom. The number of nitrogens with two attached hydrogens (primary N) is 2. The van der Waals surface area contributed by atoms with E-state index in [1.165, 1.54) is 6.07 Å². The molecule has 2 atom stereocenters. The highest BCUT2D eigenvalue weighted by molar-refractivity contribution is 5.87. The number of nitrogens with zero attached hydrogens (tertiary/aromatic N) is 3. The highest BCUT2D eigenvalue weighted by Gasteiger charge is 2.32. The van der Waals surface area contributed by atoms with Crippen molar-refractivity contribution >= 4 is 29.0 Å². The van der Waals surface area contributed by atoms with Gasteiger partial charge in [0.2, 0.25) is 0 Å². The molecule has 7 nitrogen and oxygen atoms in total. The molecule has 4 N–H and O–H groups in total. The molecule has 9 heteroatoms. The summed E-state index contributed by atoms with van der Waals surface area (Å²) in [6, 6.07) is 1.28. The van der Waals surface area contributed by atoms with Gasteiger partial charge in [-0.15, -0.1) is 12.4 Å². The highest BCUT2D eigenvalue weighted by Crippen LogP contribution is 2.39. The monoisotopic (exact) mass is 397 g/mol. The molecule has 1 aliphatic carbocycles. The largest absolute Gasteiger partial charge is 0.369 e. The van der Waals surface area contributed by atoms with Crippen molar-refractivity contribution < 1.29 is 4.39 Å². The van der Waals surface area contributed by atoms with Gasteiger partial charge < -0.3 is 16.5 Å². The van der Waals surface area contributed by atoms with Gasteiger partial charge >= 0.3 is 5.69 Å². The number of aryl methyl sites for hydroxylation is 1. The first kappa shape index (κ1) is 19.7. The minimum Gasteiger partial charge on any atom is -0.369 e. The fraction of sp³-hybridized carbons (Fsp3) is 0.556. The third kappa shape index (κ3) is 3.00. The van der Waals surface area contributed by atoms with E-state index in [1.807, 2.05) is 11.8 Å². The van der Waals surface area contributed by atoms with Gasteiger partial charge in [0, 0.05) is 30.7 Å². The van der Waals surface area contributed by atoms with Crippen molar-refractivity contribution in [2.45, 2.75) is 45.2 Å². The molecule has 0 amide bonds. The zero-order valence-corrected chi connectivity index (χ0v) is 16.3. The normalized spacial score (nSPS) is 20.7. The van der Waals surface area contributed by atoms with Gasteiger partial charge in [-0.05, 0) is 45.1 Å². The maximum Gasteiger partial charge on any atom is 0.350 e. The van der Waals surface area contributed by atoms with Gasteiger partial charge in [0.05, 0.1) is 16.6 Å². The van der Waals surface area contributed by atoms with Gasteiger partial charge in [-0.1, -0.05) is 0 Å². The lowest BCUT2D eigenvalue weighted by molar-refractivity contribution is 0.487. The molecule has 1 aliphatic heterocycles. The van der Waals surface area contributed by atoms with Gasteiger partial charge in [-0.2, -0.15) is 4.68 Å². The fourth-order valence-electron chi connectivity index (χ4n) is 4.14. The fourth-order valence-corrected chi connectivity index (χ4v) is 4.14. The lowest BCUT2D eigenvalue weighted by Gasteiger charge is -2.24. The van der Waals surface area contributed by atoms with Crippen LogP contribution in [0.2, 0.25) is 0 Å². The van der Waals surface area contributed by atoms with Crippen LogP contribution in [-0.4, -0.2) is 28.4 Å². The van der Waals surface area contributed by atoms with Gasteiger partial charge in [-0.25, -0.2) is 9.18 Å². The first-order chi connectivity index (χ1) is 12.3. The van der Waals surface area contributed by atoms with Crippen molar-refractivity contribution in [3.63, 3.8) is 0 Å². The third-order valence-corrected chi connectivity index (χ3v) is 5.76. The van der Waals surface area contributed by atoms with Crippen LogP contribution in [0.25, 0.3) is 10.9 Å². The maximum absolute atomic E-state index is 15.0. The van der Waals surface area contributed by atoms with Crippen molar-refractivity contribution in [1.29, 1.82) is 0 Å². The standard InChI is InChI=1S/C18H24FN5O2.ClH/c1-9-15-13(17(25)24(21)18(26)23(15)12-3-4-12)7-14(19)16(9)22-6-5-11(8-22)10(2)20;/h7,10-12H,3-6,8,20-21H2,1-2H3;1H/t10?,11-;/m1./s1. The summed E-state index contributed by atoms with van der Waals surface area (Å²) in [5, 5.41) is 0.153. The van der Waals surface area contributed by atoms with E-state index < -0.39 is 17.1 Å². The number of benzene rings is 1. The minimum absolute atomic E-state index is 0. The van der Waals surface area contributed by atoms with Crippen molar-refractivity contribution in [1.82, 2.24) is 9.24 Å². The topological polar surface area (TPSA) is 99.3 Å². The number of rotatable bonds is 3. The average Bonchev–Trinajstić information content (AvgIpc) is 3.30. The van der Waals surface area contributed by atoms with Crippen LogP contribution in [0.15, 0.2) is 15.7 Å². The molecule has 1 unspecified atom stereocenters. The molecule has 148 valence electrons. The quantitative estimate of drug-likeness (QED) is 0.759. The predicted octanol–water partition coefficient (Wildman–Crippen LogP) is 1.25. The Morgan fingerprint density at radius 3 is 2.48 bits per heavy atom. The number of hydrogen-bond donors (Lipinski definition) is 2. The number of anilines is 1. The summed E-state index contributed by atoms with van der Waals surface area (Å²) in [6.07, 6.45) is 2.61. The number of nitrogen functional groups attached to an aromatic ring is 1. The molecule has 2 heterocycles. The molecule has 1 saturated heterocycles. The minimum atomic E-state index is -0.662. The summed E-state index contributed by atoms with van der Waals surface area (Å²) in [6.45, 7) is 5.12. The van der Waals surface area contributed by atoms with Crippen LogP contribution in [0.4, 0.5) is 10.1 Å². The molecule has 1 saturated carbocycles.